The van der Waals surface area contributed by atoms with Crippen molar-refractivity contribution in [3.05, 3.63) is 78.1 Å². The summed E-state index contributed by atoms with van der Waals surface area (Å²) in [6, 6.07) is 18.9. The zero-order valence-corrected chi connectivity index (χ0v) is 11.3. The van der Waals surface area contributed by atoms with Crippen LogP contribution in [0.1, 0.15) is 11.1 Å². The molecule has 2 aromatic carbocycles. The summed E-state index contributed by atoms with van der Waals surface area (Å²) in [4.78, 5) is 12.9. The summed E-state index contributed by atoms with van der Waals surface area (Å²) in [6.45, 7) is 0. The van der Waals surface area contributed by atoms with Crippen LogP contribution in [0.2, 0.25) is 0 Å². The van der Waals surface area contributed by atoms with Gasteiger partial charge in [0.2, 0.25) is 0 Å². The lowest BCUT2D eigenvalue weighted by Gasteiger charge is -2.05. The van der Waals surface area contributed by atoms with E-state index in [1.54, 1.807) is 0 Å². The number of pyridine rings is 1. The number of nitrogens with zero attached hydrogens (tertiary/aromatic N) is 1. The van der Waals surface area contributed by atoms with Crippen molar-refractivity contribution in [2.75, 3.05) is 0 Å². The molecule has 2 N–H and O–H groups in total. The van der Waals surface area contributed by atoms with Crippen molar-refractivity contribution in [2.45, 2.75) is 6.42 Å². The number of hydrogen-bond donors (Lipinski definition) is 2. The quantitative estimate of drug-likeness (QED) is 0.743. The summed E-state index contributed by atoms with van der Waals surface area (Å²) >= 11 is 0. The minimum atomic E-state index is -1.83. The largest absolute Gasteiger partial charge is 0.503 e. The molecular weight excluding hydrogens is 266 g/mol. The van der Waals surface area contributed by atoms with E-state index in [0.29, 0.717) is 0 Å². The zero-order chi connectivity index (χ0) is 15.1. The van der Waals surface area contributed by atoms with E-state index < -0.39 is 6.16 Å². The third-order valence-electron chi connectivity index (χ3n) is 2.99. The van der Waals surface area contributed by atoms with E-state index in [2.05, 4.69) is 53.5 Å². The number of aromatic nitrogens is 1. The molecule has 0 aliphatic rings. The van der Waals surface area contributed by atoms with Gasteiger partial charge in [-0.05, 0) is 22.9 Å². The van der Waals surface area contributed by atoms with Crippen LogP contribution >= 0.6 is 0 Å². The van der Waals surface area contributed by atoms with Crippen molar-refractivity contribution in [1.82, 2.24) is 4.98 Å². The average Bonchev–Trinajstić information content (AvgIpc) is 2.48. The highest BCUT2D eigenvalue weighted by Crippen LogP contribution is 2.19. The van der Waals surface area contributed by atoms with Crippen LogP contribution in [0, 0.1) is 0 Å². The molecule has 0 bridgehead atoms. The van der Waals surface area contributed by atoms with E-state index in [4.69, 9.17) is 15.0 Å². The molecule has 3 rings (SSSR count). The first kappa shape index (κ1) is 14.5. The third kappa shape index (κ3) is 4.31. The summed E-state index contributed by atoms with van der Waals surface area (Å²) in [6.07, 6.45) is 2.99. The maximum absolute atomic E-state index is 8.56. The van der Waals surface area contributed by atoms with Gasteiger partial charge in [0, 0.05) is 17.8 Å². The molecule has 0 aliphatic heterocycles. The fraction of sp³-hybridized carbons (Fsp3) is 0.0588. The van der Waals surface area contributed by atoms with Crippen molar-refractivity contribution in [3.63, 3.8) is 0 Å². The van der Waals surface area contributed by atoms with Crippen molar-refractivity contribution in [1.29, 1.82) is 0 Å². The van der Waals surface area contributed by atoms with Gasteiger partial charge in [-0.15, -0.1) is 0 Å². The van der Waals surface area contributed by atoms with Crippen LogP contribution in [-0.2, 0) is 6.42 Å². The van der Waals surface area contributed by atoms with Gasteiger partial charge in [-0.1, -0.05) is 54.6 Å². The van der Waals surface area contributed by atoms with E-state index >= 15 is 0 Å². The van der Waals surface area contributed by atoms with Crippen LogP contribution in [-0.4, -0.2) is 21.4 Å². The molecule has 0 unspecified atom stereocenters. The van der Waals surface area contributed by atoms with Gasteiger partial charge in [0.05, 0.1) is 0 Å². The summed E-state index contributed by atoms with van der Waals surface area (Å²) in [7, 11) is 0. The molecule has 106 valence electrons. The molecule has 0 aliphatic carbocycles. The lowest BCUT2D eigenvalue weighted by atomic mass is 10.0. The van der Waals surface area contributed by atoms with Gasteiger partial charge in [0.1, 0.15) is 0 Å². The number of fused-ring (bicyclic) bond motifs is 1. The van der Waals surface area contributed by atoms with Crippen LogP contribution in [0.15, 0.2) is 67.0 Å². The Balaban J connectivity index is 0.000000361. The lowest BCUT2D eigenvalue weighted by molar-refractivity contribution is 0.137. The van der Waals surface area contributed by atoms with Gasteiger partial charge in [-0.2, -0.15) is 0 Å². The SMILES string of the molecule is O=C(O)O.c1ccc(Cc2cncc3ccccc23)cc1. The van der Waals surface area contributed by atoms with E-state index in [1.165, 1.54) is 21.9 Å². The standard InChI is InChI=1S/C16H13N.CH2O3/c1-2-6-13(7-3-1)10-15-12-17-11-14-8-4-5-9-16(14)15;2-1(3)4/h1-9,11-12H,10H2;(H2,2,3,4). The van der Waals surface area contributed by atoms with Gasteiger partial charge in [-0.3, -0.25) is 4.98 Å². The van der Waals surface area contributed by atoms with Crippen molar-refractivity contribution in [3.8, 4) is 0 Å². The summed E-state index contributed by atoms with van der Waals surface area (Å²) in [5.41, 5.74) is 2.61. The molecule has 1 aromatic heterocycles. The molecule has 0 saturated carbocycles. The Bertz CT molecular complexity index is 717. The van der Waals surface area contributed by atoms with E-state index in [-0.39, 0.29) is 0 Å². The highest BCUT2D eigenvalue weighted by molar-refractivity contribution is 5.84. The van der Waals surface area contributed by atoms with Crippen molar-refractivity contribution < 1.29 is 15.0 Å². The Morgan fingerprint density at radius 2 is 1.52 bits per heavy atom. The molecular formula is C17H15NO3. The summed E-state index contributed by atoms with van der Waals surface area (Å²) in [5, 5.41) is 16.5. The molecule has 21 heavy (non-hydrogen) atoms. The predicted molar refractivity (Wildman–Crippen MR) is 81.6 cm³/mol. The maximum atomic E-state index is 8.56. The Hall–Kier alpha value is -2.88. The van der Waals surface area contributed by atoms with Crippen molar-refractivity contribution >= 4 is 16.9 Å². The number of benzene rings is 2. The van der Waals surface area contributed by atoms with Crippen LogP contribution in [0.5, 0.6) is 0 Å². The number of carbonyl (C=O) groups is 1. The van der Waals surface area contributed by atoms with E-state index in [0.717, 1.165) is 6.42 Å². The molecule has 1 heterocycles. The van der Waals surface area contributed by atoms with E-state index in [1.807, 2.05) is 18.5 Å². The fourth-order valence-electron chi connectivity index (χ4n) is 2.14. The molecule has 4 nitrogen and oxygen atoms in total. The molecule has 0 fully saturated rings. The van der Waals surface area contributed by atoms with Gasteiger partial charge < -0.3 is 10.2 Å². The monoisotopic (exact) mass is 281 g/mol. The molecule has 0 amide bonds. The highest BCUT2D eigenvalue weighted by Gasteiger charge is 2.01. The van der Waals surface area contributed by atoms with Gasteiger partial charge in [-0.25, -0.2) is 4.79 Å². The van der Waals surface area contributed by atoms with E-state index in [9.17, 15) is 0 Å². The van der Waals surface area contributed by atoms with Gasteiger partial charge >= 0.3 is 6.16 Å². The Labute approximate surface area is 122 Å². The lowest BCUT2D eigenvalue weighted by Crippen LogP contribution is -1.90. The second-order valence-electron chi connectivity index (χ2n) is 4.46. The minimum absolute atomic E-state index is 0.940. The Morgan fingerprint density at radius 1 is 0.905 bits per heavy atom. The summed E-state index contributed by atoms with van der Waals surface area (Å²) in [5.74, 6) is 0. The smallest absolute Gasteiger partial charge is 0.450 e. The highest BCUT2D eigenvalue weighted by atomic mass is 16.6. The van der Waals surface area contributed by atoms with Crippen LogP contribution in [0.25, 0.3) is 10.8 Å². The number of carboxylic acid groups (broad SMARTS) is 2. The molecule has 0 saturated heterocycles. The number of rotatable bonds is 2. The van der Waals surface area contributed by atoms with Gasteiger partial charge in [0.25, 0.3) is 0 Å². The first-order valence-corrected chi connectivity index (χ1v) is 6.44. The zero-order valence-electron chi connectivity index (χ0n) is 11.3. The molecule has 0 atom stereocenters. The maximum Gasteiger partial charge on any atom is 0.503 e. The first-order valence-electron chi connectivity index (χ1n) is 6.44. The topological polar surface area (TPSA) is 70.4 Å². The number of hydrogen-bond acceptors (Lipinski definition) is 2. The molecule has 4 heteroatoms. The van der Waals surface area contributed by atoms with Crippen LogP contribution in [0.4, 0.5) is 4.79 Å². The molecule has 0 spiro atoms. The fourth-order valence-corrected chi connectivity index (χ4v) is 2.14. The van der Waals surface area contributed by atoms with Crippen LogP contribution < -0.4 is 0 Å². The molecule has 0 radical (unpaired) electrons. The predicted octanol–water partition coefficient (Wildman–Crippen LogP) is 4.05. The first-order chi connectivity index (χ1) is 10.2. The third-order valence-corrected chi connectivity index (χ3v) is 2.99. The minimum Gasteiger partial charge on any atom is -0.450 e. The van der Waals surface area contributed by atoms with Gasteiger partial charge in [0.15, 0.2) is 0 Å². The Kier molecular flexibility index (Phi) is 4.88. The Morgan fingerprint density at radius 3 is 2.24 bits per heavy atom. The second-order valence-corrected chi connectivity index (χ2v) is 4.46. The van der Waals surface area contributed by atoms with Crippen LogP contribution in [0.3, 0.4) is 0 Å². The second kappa shape index (κ2) is 7.05. The normalized spacial score (nSPS) is 9.71. The molecule has 3 aromatic rings. The van der Waals surface area contributed by atoms with Crippen molar-refractivity contribution in [2.24, 2.45) is 0 Å². The average molecular weight is 281 g/mol. The summed E-state index contributed by atoms with van der Waals surface area (Å²) < 4.78 is 0.